The van der Waals surface area contributed by atoms with E-state index in [9.17, 15) is 9.90 Å². The Kier molecular flexibility index (Phi) is 2.91. The smallest absolute Gasteiger partial charge is 0.136 e. The molecule has 13 heavy (non-hydrogen) atoms. The van der Waals surface area contributed by atoms with Gasteiger partial charge in [-0.3, -0.25) is 4.79 Å². The van der Waals surface area contributed by atoms with Crippen molar-refractivity contribution in [3.63, 3.8) is 0 Å². The van der Waals surface area contributed by atoms with Crippen molar-refractivity contribution in [3.05, 3.63) is 12.2 Å². The number of carbonyl (C=O) groups is 1. The van der Waals surface area contributed by atoms with Gasteiger partial charge in [0, 0.05) is 12.8 Å². The maximum Gasteiger partial charge on any atom is 0.136 e. The number of Topliss-reactive ketones (excluding diaryl/α,β-unsaturated/α-hetero) is 1. The molecule has 0 heterocycles. The molecule has 1 saturated carbocycles. The minimum absolute atomic E-state index is 0.183. The highest BCUT2D eigenvalue weighted by molar-refractivity contribution is 5.80. The monoisotopic (exact) mass is 182 g/mol. The number of carbonyl (C=O) groups excluding carboxylic acids is 1. The molecule has 2 nitrogen and oxygen atoms in total. The van der Waals surface area contributed by atoms with Gasteiger partial charge in [-0.2, -0.15) is 0 Å². The fraction of sp³-hybridized carbons (Fsp3) is 0.727. The summed E-state index contributed by atoms with van der Waals surface area (Å²) in [4.78, 5) is 11.3. The van der Waals surface area contributed by atoms with Crippen LogP contribution in [-0.2, 0) is 4.79 Å². The predicted molar refractivity (Wildman–Crippen MR) is 52.4 cm³/mol. The lowest BCUT2D eigenvalue weighted by molar-refractivity contribution is -0.130. The van der Waals surface area contributed by atoms with E-state index in [1.165, 1.54) is 0 Å². The Morgan fingerprint density at radius 3 is 2.85 bits per heavy atom. The van der Waals surface area contributed by atoms with Crippen molar-refractivity contribution in [3.8, 4) is 0 Å². The maximum atomic E-state index is 11.3. The molecule has 1 aliphatic carbocycles. The first-order valence-corrected chi connectivity index (χ1v) is 4.80. The Bertz CT molecular complexity index is 228. The highest BCUT2D eigenvalue weighted by Crippen LogP contribution is 2.34. The molecule has 2 unspecified atom stereocenters. The van der Waals surface area contributed by atoms with Gasteiger partial charge in [0.15, 0.2) is 0 Å². The topological polar surface area (TPSA) is 37.3 Å². The van der Waals surface area contributed by atoms with Gasteiger partial charge >= 0.3 is 0 Å². The number of ketones is 1. The zero-order chi connectivity index (χ0) is 10.1. The number of aliphatic hydroxyl groups is 1. The third-order valence-electron chi connectivity index (χ3n) is 2.46. The first-order valence-electron chi connectivity index (χ1n) is 4.80. The van der Waals surface area contributed by atoms with Crippen molar-refractivity contribution in [2.24, 2.45) is 5.92 Å². The molecule has 0 aromatic carbocycles. The van der Waals surface area contributed by atoms with Crippen LogP contribution in [0.3, 0.4) is 0 Å². The molecule has 1 fully saturated rings. The van der Waals surface area contributed by atoms with Crippen molar-refractivity contribution in [1.82, 2.24) is 0 Å². The lowest BCUT2D eigenvalue weighted by atomic mass is 9.75. The molecule has 1 aliphatic rings. The first kappa shape index (κ1) is 10.5. The Hall–Kier alpha value is -0.630. The Morgan fingerprint density at radius 1 is 1.77 bits per heavy atom. The lowest BCUT2D eigenvalue weighted by Gasteiger charge is -2.34. The van der Waals surface area contributed by atoms with E-state index in [0.29, 0.717) is 25.2 Å². The summed E-state index contributed by atoms with van der Waals surface area (Å²) in [5, 5.41) is 10.1. The molecule has 0 amide bonds. The van der Waals surface area contributed by atoms with Crippen LogP contribution in [-0.4, -0.2) is 16.5 Å². The van der Waals surface area contributed by atoms with E-state index in [1.54, 1.807) is 0 Å². The van der Waals surface area contributed by atoms with E-state index in [1.807, 2.05) is 13.8 Å². The number of hydrogen-bond acceptors (Lipinski definition) is 2. The van der Waals surface area contributed by atoms with E-state index < -0.39 is 5.60 Å². The molecule has 0 aromatic rings. The number of hydrogen-bond donors (Lipinski definition) is 1. The van der Waals surface area contributed by atoms with Crippen LogP contribution in [0.15, 0.2) is 12.2 Å². The molecule has 0 bridgehead atoms. The molecule has 1 rings (SSSR count). The molecular weight excluding hydrogens is 164 g/mol. The quantitative estimate of drug-likeness (QED) is 0.664. The molecular formula is C11H18O2. The van der Waals surface area contributed by atoms with Crippen molar-refractivity contribution < 1.29 is 9.90 Å². The third kappa shape index (κ3) is 2.96. The van der Waals surface area contributed by atoms with Gasteiger partial charge < -0.3 is 5.11 Å². The van der Waals surface area contributed by atoms with Crippen LogP contribution < -0.4 is 0 Å². The van der Waals surface area contributed by atoms with E-state index in [-0.39, 0.29) is 5.78 Å². The lowest BCUT2D eigenvalue weighted by Crippen LogP contribution is -2.38. The molecule has 2 heteroatoms. The van der Waals surface area contributed by atoms with Crippen molar-refractivity contribution in [1.29, 1.82) is 0 Å². The van der Waals surface area contributed by atoms with Gasteiger partial charge in [-0.05, 0) is 25.7 Å². The van der Waals surface area contributed by atoms with Crippen molar-refractivity contribution in [2.45, 2.75) is 45.1 Å². The zero-order valence-electron chi connectivity index (χ0n) is 8.47. The van der Waals surface area contributed by atoms with E-state index in [0.717, 1.165) is 12.0 Å². The average molecular weight is 182 g/mol. The van der Waals surface area contributed by atoms with Crippen LogP contribution in [0.5, 0.6) is 0 Å². The molecule has 0 spiro atoms. The molecule has 0 saturated heterocycles. The SMILES string of the molecule is C=C(C)CC1(O)CC(=O)CC(C)C1. The van der Waals surface area contributed by atoms with Gasteiger partial charge in [0.05, 0.1) is 5.60 Å². The maximum absolute atomic E-state index is 11.3. The molecule has 1 N–H and O–H groups in total. The number of rotatable bonds is 2. The summed E-state index contributed by atoms with van der Waals surface area (Å²) in [5.41, 5.74) is 0.144. The molecule has 2 atom stereocenters. The highest BCUT2D eigenvalue weighted by atomic mass is 16.3. The van der Waals surface area contributed by atoms with Gasteiger partial charge in [0.1, 0.15) is 5.78 Å². The largest absolute Gasteiger partial charge is 0.389 e. The summed E-state index contributed by atoms with van der Waals surface area (Å²) in [6.07, 6.45) is 2.22. The summed E-state index contributed by atoms with van der Waals surface area (Å²) in [5.74, 6) is 0.494. The fourth-order valence-corrected chi connectivity index (χ4v) is 2.32. The molecule has 0 aliphatic heterocycles. The average Bonchev–Trinajstić information content (AvgIpc) is 1.77. The predicted octanol–water partition coefficient (Wildman–Crippen LogP) is 2.07. The van der Waals surface area contributed by atoms with Gasteiger partial charge in [-0.25, -0.2) is 0 Å². The van der Waals surface area contributed by atoms with Crippen LogP contribution in [0.1, 0.15) is 39.5 Å². The van der Waals surface area contributed by atoms with Gasteiger partial charge in [0.2, 0.25) is 0 Å². The van der Waals surface area contributed by atoms with Crippen LogP contribution in [0, 0.1) is 5.92 Å². The van der Waals surface area contributed by atoms with Crippen LogP contribution in [0.2, 0.25) is 0 Å². The minimum atomic E-state index is -0.805. The molecule has 0 aromatic heterocycles. The van der Waals surface area contributed by atoms with Crippen molar-refractivity contribution in [2.75, 3.05) is 0 Å². The Balaban J connectivity index is 2.66. The van der Waals surface area contributed by atoms with Crippen LogP contribution in [0.25, 0.3) is 0 Å². The Morgan fingerprint density at radius 2 is 2.38 bits per heavy atom. The van der Waals surface area contributed by atoms with Crippen LogP contribution >= 0.6 is 0 Å². The molecule has 74 valence electrons. The second kappa shape index (κ2) is 3.62. The van der Waals surface area contributed by atoms with Gasteiger partial charge in [-0.15, -0.1) is 6.58 Å². The first-order chi connectivity index (χ1) is 5.91. The summed E-state index contributed by atoms with van der Waals surface area (Å²) < 4.78 is 0. The summed E-state index contributed by atoms with van der Waals surface area (Å²) in [6.45, 7) is 7.68. The van der Waals surface area contributed by atoms with E-state index >= 15 is 0 Å². The fourth-order valence-electron chi connectivity index (χ4n) is 2.32. The summed E-state index contributed by atoms with van der Waals surface area (Å²) in [6, 6.07) is 0. The summed E-state index contributed by atoms with van der Waals surface area (Å²) in [7, 11) is 0. The summed E-state index contributed by atoms with van der Waals surface area (Å²) >= 11 is 0. The van der Waals surface area contributed by atoms with E-state index in [4.69, 9.17) is 0 Å². The highest BCUT2D eigenvalue weighted by Gasteiger charge is 2.36. The van der Waals surface area contributed by atoms with E-state index in [2.05, 4.69) is 6.58 Å². The zero-order valence-corrected chi connectivity index (χ0v) is 8.47. The second-order valence-electron chi connectivity index (χ2n) is 4.59. The van der Waals surface area contributed by atoms with Gasteiger partial charge in [-0.1, -0.05) is 12.5 Å². The van der Waals surface area contributed by atoms with Crippen molar-refractivity contribution >= 4 is 5.78 Å². The minimum Gasteiger partial charge on any atom is -0.389 e. The normalized spacial score (nSPS) is 34.7. The van der Waals surface area contributed by atoms with Crippen LogP contribution in [0.4, 0.5) is 0 Å². The molecule has 0 radical (unpaired) electrons. The Labute approximate surface area is 79.6 Å². The second-order valence-corrected chi connectivity index (χ2v) is 4.59. The van der Waals surface area contributed by atoms with Gasteiger partial charge in [0.25, 0.3) is 0 Å². The third-order valence-corrected chi connectivity index (χ3v) is 2.46. The standard InChI is InChI=1S/C11H18O2/c1-8(2)5-11(13)6-9(3)4-10(12)7-11/h9,13H,1,4-7H2,2-3H3.